The van der Waals surface area contributed by atoms with Gasteiger partial charge in [-0.2, -0.15) is 0 Å². The third-order valence-electron chi connectivity index (χ3n) is 4.14. The molecule has 3 rings (SSSR count). The zero-order valence-electron chi connectivity index (χ0n) is 12.6. The highest BCUT2D eigenvalue weighted by atomic mass is 32.1. The van der Waals surface area contributed by atoms with Crippen molar-refractivity contribution in [1.29, 1.82) is 0 Å². The monoisotopic (exact) mass is 306 g/mol. The predicted octanol–water partition coefficient (Wildman–Crippen LogP) is 4.00. The maximum Gasteiger partial charge on any atom is 0.124 e. The molecule has 1 saturated heterocycles. The first-order valence-corrected chi connectivity index (χ1v) is 8.66. The largest absolute Gasteiger partial charge is 0.308 e. The third-order valence-corrected chi connectivity index (χ3v) is 5.24. The average Bonchev–Trinajstić information content (AvgIpc) is 2.88. The standard InChI is InChI=1S/C17H23FN2S/c1-13(12-20-7-3-2-4-8-20)19-11-16-9-14-5-6-15(18)10-17(14)21-16/h5-6,9-10,13,19H,2-4,7-8,11-12H2,1H3. The summed E-state index contributed by atoms with van der Waals surface area (Å²) >= 11 is 1.68. The minimum atomic E-state index is -0.151. The molecule has 0 bridgehead atoms. The average molecular weight is 306 g/mol. The van der Waals surface area contributed by atoms with Crippen molar-refractivity contribution in [3.63, 3.8) is 0 Å². The highest BCUT2D eigenvalue weighted by Crippen LogP contribution is 2.26. The molecule has 1 fully saturated rings. The van der Waals surface area contributed by atoms with Gasteiger partial charge < -0.3 is 10.2 Å². The number of thiophene rings is 1. The number of likely N-dealkylation sites (tertiary alicyclic amines) is 1. The summed E-state index contributed by atoms with van der Waals surface area (Å²) < 4.78 is 14.2. The zero-order valence-corrected chi connectivity index (χ0v) is 13.4. The number of hydrogen-bond acceptors (Lipinski definition) is 3. The molecule has 1 aromatic carbocycles. The molecule has 21 heavy (non-hydrogen) atoms. The van der Waals surface area contributed by atoms with Gasteiger partial charge in [0.05, 0.1) is 0 Å². The van der Waals surface area contributed by atoms with Crippen LogP contribution in [0, 0.1) is 5.82 Å². The first-order valence-electron chi connectivity index (χ1n) is 7.84. The van der Waals surface area contributed by atoms with E-state index in [-0.39, 0.29) is 5.82 Å². The summed E-state index contributed by atoms with van der Waals surface area (Å²) in [6, 6.07) is 7.68. The van der Waals surface area contributed by atoms with Crippen LogP contribution in [0.4, 0.5) is 4.39 Å². The smallest absolute Gasteiger partial charge is 0.124 e. The summed E-state index contributed by atoms with van der Waals surface area (Å²) in [7, 11) is 0. The molecule has 1 unspecified atom stereocenters. The van der Waals surface area contributed by atoms with E-state index in [0.29, 0.717) is 6.04 Å². The Morgan fingerprint density at radius 3 is 2.86 bits per heavy atom. The number of benzene rings is 1. The lowest BCUT2D eigenvalue weighted by Crippen LogP contribution is -2.41. The van der Waals surface area contributed by atoms with E-state index in [2.05, 4.69) is 23.2 Å². The molecule has 0 spiro atoms. The van der Waals surface area contributed by atoms with Gasteiger partial charge in [0.2, 0.25) is 0 Å². The van der Waals surface area contributed by atoms with E-state index in [9.17, 15) is 4.39 Å². The van der Waals surface area contributed by atoms with Gasteiger partial charge in [-0.3, -0.25) is 0 Å². The summed E-state index contributed by atoms with van der Waals surface area (Å²) in [5.41, 5.74) is 0. The van der Waals surface area contributed by atoms with Gasteiger partial charge in [-0.05, 0) is 56.4 Å². The van der Waals surface area contributed by atoms with Crippen LogP contribution >= 0.6 is 11.3 Å². The van der Waals surface area contributed by atoms with Crippen LogP contribution in [0.3, 0.4) is 0 Å². The van der Waals surface area contributed by atoms with E-state index in [0.717, 1.165) is 23.2 Å². The van der Waals surface area contributed by atoms with Gasteiger partial charge in [0.15, 0.2) is 0 Å². The first-order chi connectivity index (χ1) is 10.2. The molecule has 2 nitrogen and oxygen atoms in total. The minimum Gasteiger partial charge on any atom is -0.308 e. The van der Waals surface area contributed by atoms with Gasteiger partial charge in [0.25, 0.3) is 0 Å². The van der Waals surface area contributed by atoms with Crippen LogP contribution in [-0.4, -0.2) is 30.6 Å². The maximum atomic E-state index is 13.2. The minimum absolute atomic E-state index is 0.151. The van der Waals surface area contributed by atoms with E-state index >= 15 is 0 Å². The fraction of sp³-hybridized carbons (Fsp3) is 0.529. The van der Waals surface area contributed by atoms with Crippen LogP contribution in [-0.2, 0) is 6.54 Å². The lowest BCUT2D eigenvalue weighted by molar-refractivity contribution is 0.209. The lowest BCUT2D eigenvalue weighted by Gasteiger charge is -2.29. The fourth-order valence-electron chi connectivity index (χ4n) is 3.02. The van der Waals surface area contributed by atoms with Crippen LogP contribution in [0.25, 0.3) is 10.1 Å². The molecule has 1 N–H and O–H groups in total. The maximum absolute atomic E-state index is 13.2. The van der Waals surface area contributed by atoms with Crippen molar-refractivity contribution >= 4 is 21.4 Å². The van der Waals surface area contributed by atoms with Crippen molar-refractivity contribution in [3.05, 3.63) is 35.0 Å². The number of fused-ring (bicyclic) bond motifs is 1. The van der Waals surface area contributed by atoms with Crippen LogP contribution < -0.4 is 5.32 Å². The molecular weight excluding hydrogens is 283 g/mol. The van der Waals surface area contributed by atoms with Crippen molar-refractivity contribution in [2.75, 3.05) is 19.6 Å². The Kier molecular flexibility index (Phi) is 4.88. The van der Waals surface area contributed by atoms with Crippen molar-refractivity contribution < 1.29 is 4.39 Å². The number of nitrogens with one attached hydrogen (secondary N) is 1. The van der Waals surface area contributed by atoms with Gasteiger partial charge in [-0.25, -0.2) is 4.39 Å². The van der Waals surface area contributed by atoms with E-state index in [1.807, 2.05) is 6.07 Å². The highest BCUT2D eigenvalue weighted by Gasteiger charge is 2.13. The molecule has 1 aliphatic rings. The topological polar surface area (TPSA) is 15.3 Å². The van der Waals surface area contributed by atoms with E-state index < -0.39 is 0 Å². The molecule has 0 aliphatic carbocycles. The second-order valence-electron chi connectivity index (χ2n) is 6.04. The Balaban J connectivity index is 1.53. The summed E-state index contributed by atoms with van der Waals surface area (Å²) in [5, 5.41) is 4.74. The number of rotatable bonds is 5. The number of piperidine rings is 1. The highest BCUT2D eigenvalue weighted by molar-refractivity contribution is 7.19. The van der Waals surface area contributed by atoms with Gasteiger partial charge in [-0.1, -0.05) is 12.5 Å². The van der Waals surface area contributed by atoms with Gasteiger partial charge >= 0.3 is 0 Å². The predicted molar refractivity (Wildman–Crippen MR) is 88.4 cm³/mol. The molecule has 0 amide bonds. The molecule has 2 heterocycles. The van der Waals surface area contributed by atoms with Crippen molar-refractivity contribution in [2.24, 2.45) is 0 Å². The molecule has 114 valence electrons. The zero-order chi connectivity index (χ0) is 14.7. The second kappa shape index (κ2) is 6.86. The van der Waals surface area contributed by atoms with Crippen LogP contribution in [0.1, 0.15) is 31.1 Å². The molecule has 4 heteroatoms. The van der Waals surface area contributed by atoms with Crippen LogP contribution in [0.2, 0.25) is 0 Å². The Morgan fingerprint density at radius 2 is 2.05 bits per heavy atom. The number of nitrogens with zero attached hydrogens (tertiary/aromatic N) is 1. The van der Waals surface area contributed by atoms with E-state index in [1.54, 1.807) is 17.4 Å². The van der Waals surface area contributed by atoms with E-state index in [4.69, 9.17) is 0 Å². The van der Waals surface area contributed by atoms with Gasteiger partial charge in [0.1, 0.15) is 5.82 Å². The first kappa shape index (κ1) is 14.9. The molecule has 1 aliphatic heterocycles. The van der Waals surface area contributed by atoms with Crippen molar-refractivity contribution in [1.82, 2.24) is 10.2 Å². The second-order valence-corrected chi connectivity index (χ2v) is 7.21. The summed E-state index contributed by atoms with van der Waals surface area (Å²) in [4.78, 5) is 3.84. The van der Waals surface area contributed by atoms with E-state index in [1.165, 1.54) is 43.3 Å². The van der Waals surface area contributed by atoms with Crippen molar-refractivity contribution in [3.8, 4) is 0 Å². The Hall–Kier alpha value is -0.970. The summed E-state index contributed by atoms with van der Waals surface area (Å²) in [6.07, 6.45) is 4.07. The number of halogens is 1. The quantitative estimate of drug-likeness (QED) is 0.898. The van der Waals surface area contributed by atoms with Gasteiger partial charge in [-0.15, -0.1) is 11.3 Å². The number of hydrogen-bond donors (Lipinski definition) is 1. The van der Waals surface area contributed by atoms with Crippen LogP contribution in [0.5, 0.6) is 0 Å². The third kappa shape index (κ3) is 4.02. The summed E-state index contributed by atoms with van der Waals surface area (Å²) in [5.74, 6) is -0.151. The molecule has 1 atom stereocenters. The molecule has 0 radical (unpaired) electrons. The molecule has 2 aromatic rings. The Bertz CT molecular complexity index is 589. The molecule has 1 aromatic heterocycles. The normalized spacial score (nSPS) is 18.2. The summed E-state index contributed by atoms with van der Waals surface area (Å²) in [6.45, 7) is 6.74. The van der Waals surface area contributed by atoms with Gasteiger partial charge in [0, 0.05) is 28.7 Å². The Labute approximate surface area is 130 Å². The molecular formula is C17H23FN2S. The van der Waals surface area contributed by atoms with Crippen molar-refractivity contribution in [2.45, 2.75) is 38.8 Å². The SMILES string of the molecule is CC(CN1CCCCC1)NCc1cc2ccc(F)cc2s1. The van der Waals surface area contributed by atoms with Crippen LogP contribution in [0.15, 0.2) is 24.3 Å². The lowest BCUT2D eigenvalue weighted by atomic mass is 10.1. The molecule has 0 saturated carbocycles. The fourth-order valence-corrected chi connectivity index (χ4v) is 4.06. The Morgan fingerprint density at radius 1 is 1.24 bits per heavy atom.